The number of carbonyl (C=O) groups is 1. The highest BCUT2D eigenvalue weighted by Gasteiger charge is 2.11. The van der Waals surface area contributed by atoms with E-state index in [0.717, 1.165) is 18.7 Å². The zero-order valence-corrected chi connectivity index (χ0v) is 14.6. The molecule has 1 aliphatic heterocycles. The van der Waals surface area contributed by atoms with Gasteiger partial charge in [-0.3, -0.25) is 4.79 Å². The molecule has 5 nitrogen and oxygen atoms in total. The summed E-state index contributed by atoms with van der Waals surface area (Å²) in [4.78, 5) is 14.1. The zero-order chi connectivity index (χ0) is 17.5. The van der Waals surface area contributed by atoms with Crippen LogP contribution in [-0.4, -0.2) is 31.8 Å². The van der Waals surface area contributed by atoms with E-state index in [1.54, 1.807) is 30.5 Å². The number of amides is 1. The van der Waals surface area contributed by atoms with Crippen molar-refractivity contribution in [1.82, 2.24) is 5.43 Å². The molecule has 130 valence electrons. The van der Waals surface area contributed by atoms with Gasteiger partial charge < -0.3 is 9.64 Å². The molecular formula is C19H20ClN3O2. The predicted octanol–water partition coefficient (Wildman–Crippen LogP) is 3.47. The van der Waals surface area contributed by atoms with Crippen molar-refractivity contribution in [2.24, 2.45) is 5.10 Å². The monoisotopic (exact) mass is 357 g/mol. The average molecular weight is 358 g/mol. The van der Waals surface area contributed by atoms with Crippen LogP contribution >= 0.6 is 11.6 Å². The number of rotatable bonds is 6. The molecule has 0 aliphatic carbocycles. The summed E-state index contributed by atoms with van der Waals surface area (Å²) in [5, 5.41) is 4.42. The second-order valence-corrected chi connectivity index (χ2v) is 6.21. The number of nitrogens with one attached hydrogen (secondary N) is 1. The Kier molecular flexibility index (Phi) is 5.90. The van der Waals surface area contributed by atoms with Crippen molar-refractivity contribution in [1.29, 1.82) is 0 Å². The number of carbonyl (C=O) groups excluding carboxylic acids is 1. The number of anilines is 1. The molecule has 3 rings (SSSR count). The summed E-state index contributed by atoms with van der Waals surface area (Å²) in [6.07, 6.45) is 4.12. The van der Waals surface area contributed by atoms with Gasteiger partial charge in [-0.1, -0.05) is 35.9 Å². The lowest BCUT2D eigenvalue weighted by molar-refractivity contribution is -0.123. The van der Waals surface area contributed by atoms with Gasteiger partial charge in [-0.25, -0.2) is 5.43 Å². The Hall–Kier alpha value is -2.53. The third kappa shape index (κ3) is 4.97. The zero-order valence-electron chi connectivity index (χ0n) is 13.8. The molecule has 1 saturated heterocycles. The van der Waals surface area contributed by atoms with E-state index >= 15 is 0 Å². The maximum Gasteiger partial charge on any atom is 0.277 e. The van der Waals surface area contributed by atoms with Crippen molar-refractivity contribution >= 4 is 29.4 Å². The quantitative estimate of drug-likeness (QED) is 0.636. The number of nitrogens with zero attached hydrogens (tertiary/aromatic N) is 2. The third-order valence-electron chi connectivity index (χ3n) is 3.96. The smallest absolute Gasteiger partial charge is 0.277 e. The number of halogens is 1. The van der Waals surface area contributed by atoms with E-state index in [0.29, 0.717) is 10.8 Å². The Balaban J connectivity index is 1.45. The van der Waals surface area contributed by atoms with Gasteiger partial charge in [-0.15, -0.1) is 0 Å². The van der Waals surface area contributed by atoms with Crippen LogP contribution in [0, 0.1) is 0 Å². The van der Waals surface area contributed by atoms with Gasteiger partial charge in [0.1, 0.15) is 5.75 Å². The van der Waals surface area contributed by atoms with Crippen molar-refractivity contribution < 1.29 is 9.53 Å². The van der Waals surface area contributed by atoms with Crippen LogP contribution in [0.15, 0.2) is 53.6 Å². The standard InChI is InChI=1S/C19H20ClN3O2/c20-17-5-1-2-6-18(17)25-14-19(24)22-21-13-15-7-9-16(10-8-15)23-11-3-4-12-23/h1-2,5-10,13H,3-4,11-12,14H2,(H,22,24)/b21-13+. The molecule has 1 N–H and O–H groups in total. The summed E-state index contributed by atoms with van der Waals surface area (Å²) in [6.45, 7) is 2.10. The molecule has 0 spiro atoms. The highest BCUT2D eigenvalue weighted by molar-refractivity contribution is 6.32. The average Bonchev–Trinajstić information content (AvgIpc) is 3.16. The summed E-state index contributed by atoms with van der Waals surface area (Å²) in [5.74, 6) is 0.130. The first-order chi connectivity index (χ1) is 12.2. The maximum atomic E-state index is 11.7. The fourth-order valence-electron chi connectivity index (χ4n) is 2.66. The summed E-state index contributed by atoms with van der Waals surface area (Å²) < 4.78 is 5.35. The topological polar surface area (TPSA) is 53.9 Å². The lowest BCUT2D eigenvalue weighted by Gasteiger charge is -2.17. The Bertz CT molecular complexity index is 741. The SMILES string of the molecule is O=C(COc1ccccc1Cl)N/N=C/c1ccc(N2CCCC2)cc1. The molecule has 2 aromatic rings. The molecule has 0 saturated carbocycles. The van der Waals surface area contributed by atoms with Crippen LogP contribution in [0.25, 0.3) is 0 Å². The van der Waals surface area contributed by atoms with Crippen molar-refractivity contribution in [2.45, 2.75) is 12.8 Å². The minimum absolute atomic E-state index is 0.144. The van der Waals surface area contributed by atoms with E-state index in [9.17, 15) is 4.79 Å². The van der Waals surface area contributed by atoms with Crippen LogP contribution in [0.3, 0.4) is 0 Å². The van der Waals surface area contributed by atoms with Gasteiger partial charge in [0.05, 0.1) is 11.2 Å². The third-order valence-corrected chi connectivity index (χ3v) is 4.27. The first-order valence-corrected chi connectivity index (χ1v) is 8.64. The van der Waals surface area contributed by atoms with E-state index < -0.39 is 0 Å². The number of benzene rings is 2. The Morgan fingerprint density at radius 2 is 1.88 bits per heavy atom. The predicted molar refractivity (Wildman–Crippen MR) is 101 cm³/mol. The number of para-hydroxylation sites is 1. The van der Waals surface area contributed by atoms with E-state index in [1.165, 1.54) is 18.5 Å². The summed E-state index contributed by atoms with van der Waals surface area (Å²) in [7, 11) is 0. The molecular weight excluding hydrogens is 338 g/mol. The second-order valence-electron chi connectivity index (χ2n) is 5.80. The van der Waals surface area contributed by atoms with Crippen molar-refractivity contribution in [3.05, 3.63) is 59.1 Å². The van der Waals surface area contributed by atoms with Gasteiger partial charge in [0.15, 0.2) is 6.61 Å². The van der Waals surface area contributed by atoms with Crippen molar-refractivity contribution in [3.8, 4) is 5.75 Å². The number of ether oxygens (including phenoxy) is 1. The molecule has 1 aliphatic rings. The van der Waals surface area contributed by atoms with E-state index in [1.807, 2.05) is 12.1 Å². The fourth-order valence-corrected chi connectivity index (χ4v) is 2.85. The van der Waals surface area contributed by atoms with Crippen LogP contribution in [0.2, 0.25) is 5.02 Å². The minimum atomic E-state index is -0.343. The molecule has 2 aromatic carbocycles. The molecule has 0 atom stereocenters. The van der Waals surface area contributed by atoms with E-state index in [4.69, 9.17) is 16.3 Å². The molecule has 0 aromatic heterocycles. The Morgan fingerprint density at radius 3 is 2.60 bits per heavy atom. The minimum Gasteiger partial charge on any atom is -0.482 e. The van der Waals surface area contributed by atoms with Gasteiger partial charge in [-0.2, -0.15) is 5.10 Å². The number of hydrogen-bond donors (Lipinski definition) is 1. The van der Waals surface area contributed by atoms with E-state index in [2.05, 4.69) is 27.6 Å². The van der Waals surface area contributed by atoms with Gasteiger partial charge in [0.25, 0.3) is 5.91 Å². The van der Waals surface area contributed by atoms with Crippen LogP contribution in [0.4, 0.5) is 5.69 Å². The molecule has 25 heavy (non-hydrogen) atoms. The highest BCUT2D eigenvalue weighted by Crippen LogP contribution is 2.23. The normalized spacial score (nSPS) is 14.0. The molecule has 0 unspecified atom stereocenters. The molecule has 0 bridgehead atoms. The summed E-state index contributed by atoms with van der Waals surface area (Å²) >= 11 is 5.96. The fraction of sp³-hybridized carbons (Fsp3) is 0.263. The van der Waals surface area contributed by atoms with Crippen LogP contribution < -0.4 is 15.1 Å². The van der Waals surface area contributed by atoms with Gasteiger partial charge in [0, 0.05) is 18.8 Å². The first-order valence-electron chi connectivity index (χ1n) is 8.26. The first kappa shape index (κ1) is 17.3. The molecule has 6 heteroatoms. The number of hydrogen-bond acceptors (Lipinski definition) is 4. The highest BCUT2D eigenvalue weighted by atomic mass is 35.5. The van der Waals surface area contributed by atoms with Crippen molar-refractivity contribution in [3.63, 3.8) is 0 Å². The molecule has 1 heterocycles. The molecule has 1 fully saturated rings. The largest absolute Gasteiger partial charge is 0.482 e. The summed E-state index contributed by atoms with van der Waals surface area (Å²) in [6, 6.07) is 15.1. The van der Waals surface area contributed by atoms with Gasteiger partial charge >= 0.3 is 0 Å². The second kappa shape index (κ2) is 8.53. The lowest BCUT2D eigenvalue weighted by Crippen LogP contribution is -2.24. The van der Waals surface area contributed by atoms with Crippen LogP contribution in [0.5, 0.6) is 5.75 Å². The Morgan fingerprint density at radius 1 is 1.16 bits per heavy atom. The maximum absolute atomic E-state index is 11.7. The lowest BCUT2D eigenvalue weighted by atomic mass is 10.2. The van der Waals surface area contributed by atoms with Crippen molar-refractivity contribution in [2.75, 3.05) is 24.6 Å². The van der Waals surface area contributed by atoms with Crippen LogP contribution in [0.1, 0.15) is 18.4 Å². The van der Waals surface area contributed by atoms with Gasteiger partial charge in [0.2, 0.25) is 0 Å². The van der Waals surface area contributed by atoms with E-state index in [-0.39, 0.29) is 12.5 Å². The Labute approximate surface area is 152 Å². The summed E-state index contributed by atoms with van der Waals surface area (Å²) in [5.41, 5.74) is 4.60. The molecule has 0 radical (unpaired) electrons. The van der Waals surface area contributed by atoms with Crippen LogP contribution in [-0.2, 0) is 4.79 Å². The van der Waals surface area contributed by atoms with Gasteiger partial charge in [-0.05, 0) is 42.7 Å². The number of hydrazone groups is 1. The molecule has 1 amide bonds.